The summed E-state index contributed by atoms with van der Waals surface area (Å²) in [6, 6.07) is 5.72. The third-order valence-corrected chi connectivity index (χ3v) is 2.13. The molecule has 0 atom stereocenters. The molecule has 76 valence electrons. The number of amides is 1. The molecule has 1 aromatic rings. The van der Waals surface area contributed by atoms with Crippen LogP contribution in [0.3, 0.4) is 0 Å². The Kier molecular flexibility index (Phi) is 3.12. The van der Waals surface area contributed by atoms with Crippen molar-refractivity contribution in [2.24, 2.45) is 0 Å². The van der Waals surface area contributed by atoms with Crippen LogP contribution < -0.4 is 9.64 Å². The summed E-state index contributed by atoms with van der Waals surface area (Å²) in [5.74, 6) is 0.783. The highest BCUT2D eigenvalue weighted by molar-refractivity contribution is 5.91. The van der Waals surface area contributed by atoms with E-state index in [1.807, 2.05) is 25.1 Å². The number of methoxy groups -OCH3 is 1. The van der Waals surface area contributed by atoms with E-state index < -0.39 is 0 Å². The zero-order valence-electron chi connectivity index (χ0n) is 9.00. The third-order valence-electron chi connectivity index (χ3n) is 2.13. The van der Waals surface area contributed by atoms with E-state index in [1.165, 1.54) is 6.92 Å². The molecule has 0 radical (unpaired) electrons. The van der Waals surface area contributed by atoms with Crippen molar-refractivity contribution in [3.8, 4) is 5.75 Å². The Hall–Kier alpha value is -1.51. The van der Waals surface area contributed by atoms with E-state index >= 15 is 0 Å². The van der Waals surface area contributed by atoms with E-state index in [4.69, 9.17) is 4.74 Å². The number of hydrogen-bond donors (Lipinski definition) is 0. The number of nitrogens with zero attached hydrogens (tertiary/aromatic N) is 1. The number of rotatable bonds is 2. The van der Waals surface area contributed by atoms with Crippen LogP contribution in [-0.4, -0.2) is 20.1 Å². The minimum atomic E-state index is 0.0117. The fourth-order valence-corrected chi connectivity index (χ4v) is 1.22. The van der Waals surface area contributed by atoms with Crippen LogP contribution in [0.1, 0.15) is 12.5 Å². The third kappa shape index (κ3) is 2.25. The molecule has 3 nitrogen and oxygen atoms in total. The SMILES string of the molecule is COc1cc(C)cc(N(C)C(C)=O)c1. The van der Waals surface area contributed by atoms with E-state index in [9.17, 15) is 4.79 Å². The Morgan fingerprint density at radius 3 is 2.50 bits per heavy atom. The molecule has 1 aromatic carbocycles. The first-order valence-electron chi connectivity index (χ1n) is 4.44. The van der Waals surface area contributed by atoms with Crippen LogP contribution in [0.2, 0.25) is 0 Å². The Labute approximate surface area is 84.3 Å². The van der Waals surface area contributed by atoms with E-state index in [0.29, 0.717) is 0 Å². The second-order valence-corrected chi connectivity index (χ2v) is 3.29. The maximum atomic E-state index is 11.1. The lowest BCUT2D eigenvalue weighted by Gasteiger charge is -2.16. The molecule has 3 heteroatoms. The van der Waals surface area contributed by atoms with Crippen molar-refractivity contribution in [3.05, 3.63) is 23.8 Å². The molecule has 0 heterocycles. The summed E-state index contributed by atoms with van der Waals surface area (Å²) >= 11 is 0. The molecule has 0 N–H and O–H groups in total. The van der Waals surface area contributed by atoms with Gasteiger partial charge in [0.2, 0.25) is 5.91 Å². The van der Waals surface area contributed by atoms with Gasteiger partial charge in [0.05, 0.1) is 7.11 Å². The minimum absolute atomic E-state index is 0.0117. The highest BCUT2D eigenvalue weighted by Crippen LogP contribution is 2.22. The lowest BCUT2D eigenvalue weighted by molar-refractivity contribution is -0.116. The number of benzene rings is 1. The van der Waals surface area contributed by atoms with E-state index in [2.05, 4.69) is 0 Å². The molecule has 14 heavy (non-hydrogen) atoms. The van der Waals surface area contributed by atoms with Crippen molar-refractivity contribution in [3.63, 3.8) is 0 Å². The zero-order chi connectivity index (χ0) is 10.7. The van der Waals surface area contributed by atoms with Gasteiger partial charge >= 0.3 is 0 Å². The second-order valence-electron chi connectivity index (χ2n) is 3.29. The van der Waals surface area contributed by atoms with Crippen molar-refractivity contribution in [2.45, 2.75) is 13.8 Å². The monoisotopic (exact) mass is 193 g/mol. The quantitative estimate of drug-likeness (QED) is 0.718. The molecule has 0 aliphatic heterocycles. The molecular weight excluding hydrogens is 178 g/mol. The molecular formula is C11H15NO2. The van der Waals surface area contributed by atoms with Gasteiger partial charge in [0.25, 0.3) is 0 Å². The van der Waals surface area contributed by atoms with Crippen molar-refractivity contribution in [2.75, 3.05) is 19.1 Å². The van der Waals surface area contributed by atoms with Crippen molar-refractivity contribution in [1.29, 1.82) is 0 Å². The van der Waals surface area contributed by atoms with Gasteiger partial charge in [0.15, 0.2) is 0 Å². The maximum Gasteiger partial charge on any atom is 0.223 e. The molecule has 0 spiro atoms. The van der Waals surface area contributed by atoms with Gasteiger partial charge in [-0.2, -0.15) is 0 Å². The second kappa shape index (κ2) is 4.13. The summed E-state index contributed by atoms with van der Waals surface area (Å²) in [6.07, 6.45) is 0. The van der Waals surface area contributed by atoms with Crippen LogP contribution in [0.5, 0.6) is 5.75 Å². The first-order chi connectivity index (χ1) is 6.54. The van der Waals surface area contributed by atoms with E-state index in [-0.39, 0.29) is 5.91 Å². The average molecular weight is 193 g/mol. The Balaban J connectivity index is 3.08. The topological polar surface area (TPSA) is 29.5 Å². The van der Waals surface area contributed by atoms with Crippen LogP contribution >= 0.6 is 0 Å². The molecule has 0 aliphatic carbocycles. The lowest BCUT2D eigenvalue weighted by atomic mass is 10.2. The smallest absolute Gasteiger partial charge is 0.223 e. The number of carbonyl (C=O) groups is 1. The van der Waals surface area contributed by atoms with Gasteiger partial charge in [-0.3, -0.25) is 4.79 Å². The molecule has 0 fully saturated rings. The van der Waals surface area contributed by atoms with Gasteiger partial charge in [-0.25, -0.2) is 0 Å². The molecule has 0 aliphatic rings. The summed E-state index contributed by atoms with van der Waals surface area (Å²) in [5, 5.41) is 0. The minimum Gasteiger partial charge on any atom is -0.497 e. The van der Waals surface area contributed by atoms with Crippen LogP contribution in [0.4, 0.5) is 5.69 Å². The first-order valence-corrected chi connectivity index (χ1v) is 4.44. The Morgan fingerprint density at radius 2 is 2.00 bits per heavy atom. The Morgan fingerprint density at radius 1 is 1.36 bits per heavy atom. The van der Waals surface area contributed by atoms with E-state index in [1.54, 1.807) is 19.1 Å². The molecule has 0 saturated carbocycles. The summed E-state index contributed by atoms with van der Waals surface area (Å²) in [6.45, 7) is 3.51. The number of anilines is 1. The molecule has 0 saturated heterocycles. The van der Waals surface area contributed by atoms with Crippen LogP contribution in [0.25, 0.3) is 0 Å². The van der Waals surface area contributed by atoms with E-state index in [0.717, 1.165) is 17.0 Å². The summed E-state index contributed by atoms with van der Waals surface area (Å²) in [5.41, 5.74) is 1.93. The van der Waals surface area contributed by atoms with Crippen molar-refractivity contribution in [1.82, 2.24) is 0 Å². The fraction of sp³-hybridized carbons (Fsp3) is 0.364. The first kappa shape index (κ1) is 10.6. The largest absolute Gasteiger partial charge is 0.497 e. The normalized spacial score (nSPS) is 9.71. The zero-order valence-corrected chi connectivity index (χ0v) is 9.00. The summed E-state index contributed by atoms with van der Waals surface area (Å²) in [7, 11) is 3.36. The van der Waals surface area contributed by atoms with Gasteiger partial charge in [0, 0.05) is 25.7 Å². The fourth-order valence-electron chi connectivity index (χ4n) is 1.22. The van der Waals surface area contributed by atoms with Gasteiger partial charge in [-0.05, 0) is 24.6 Å². The number of carbonyl (C=O) groups excluding carboxylic acids is 1. The highest BCUT2D eigenvalue weighted by atomic mass is 16.5. The lowest BCUT2D eigenvalue weighted by Crippen LogP contribution is -2.22. The number of ether oxygens (including phenoxy) is 1. The van der Waals surface area contributed by atoms with Gasteiger partial charge < -0.3 is 9.64 Å². The summed E-state index contributed by atoms with van der Waals surface area (Å²) in [4.78, 5) is 12.7. The Bertz CT molecular complexity index is 347. The van der Waals surface area contributed by atoms with Gasteiger partial charge in [-0.15, -0.1) is 0 Å². The van der Waals surface area contributed by atoms with Gasteiger partial charge in [-0.1, -0.05) is 0 Å². The van der Waals surface area contributed by atoms with Gasteiger partial charge in [0.1, 0.15) is 5.75 Å². The standard InChI is InChI=1S/C11H15NO2/c1-8-5-10(12(3)9(2)13)7-11(6-8)14-4/h5-7H,1-4H3. The van der Waals surface area contributed by atoms with Crippen molar-refractivity contribution >= 4 is 11.6 Å². The van der Waals surface area contributed by atoms with Crippen molar-refractivity contribution < 1.29 is 9.53 Å². The van der Waals surface area contributed by atoms with Crippen LogP contribution in [0.15, 0.2) is 18.2 Å². The molecule has 1 rings (SSSR count). The maximum absolute atomic E-state index is 11.1. The predicted octanol–water partition coefficient (Wildman–Crippen LogP) is 1.99. The molecule has 0 unspecified atom stereocenters. The molecule has 1 amide bonds. The number of aryl methyl sites for hydroxylation is 1. The molecule has 0 aromatic heterocycles. The average Bonchev–Trinajstić information content (AvgIpc) is 2.15. The predicted molar refractivity (Wildman–Crippen MR) is 56.8 cm³/mol. The van der Waals surface area contributed by atoms with Crippen LogP contribution in [-0.2, 0) is 4.79 Å². The van der Waals surface area contributed by atoms with Crippen LogP contribution in [0, 0.1) is 6.92 Å². The highest BCUT2D eigenvalue weighted by Gasteiger charge is 2.07. The number of hydrogen-bond acceptors (Lipinski definition) is 2. The summed E-state index contributed by atoms with van der Waals surface area (Å²) < 4.78 is 5.13. The molecule has 0 bridgehead atoms.